The molecule has 0 aliphatic rings. The number of benzene rings is 2. The van der Waals surface area contributed by atoms with Gasteiger partial charge in [0.15, 0.2) is 5.75 Å². The van der Waals surface area contributed by atoms with Crippen molar-refractivity contribution in [3.8, 4) is 5.75 Å². The fourth-order valence-electron chi connectivity index (χ4n) is 1.80. The molecule has 0 saturated carbocycles. The molecule has 0 saturated heterocycles. The largest absolute Gasteiger partial charge is 0.482 e. The van der Waals surface area contributed by atoms with Gasteiger partial charge in [-0.1, -0.05) is 30.3 Å². The SMILES string of the molecule is O=C(O)C=Cc1ccc([N+](=O)[O-])c(OCc2ccccc2)c1. The number of rotatable bonds is 6. The lowest BCUT2D eigenvalue weighted by Gasteiger charge is -2.07. The zero-order valence-electron chi connectivity index (χ0n) is 11.5. The van der Waals surface area contributed by atoms with Crippen molar-refractivity contribution in [1.82, 2.24) is 0 Å². The number of nitro benzene ring substituents is 1. The maximum absolute atomic E-state index is 11.0. The van der Waals surface area contributed by atoms with E-state index in [1.54, 1.807) is 0 Å². The van der Waals surface area contributed by atoms with E-state index in [0.29, 0.717) is 5.56 Å². The normalized spacial score (nSPS) is 10.5. The fourth-order valence-corrected chi connectivity index (χ4v) is 1.80. The number of nitrogens with zero attached hydrogens (tertiary/aromatic N) is 1. The van der Waals surface area contributed by atoms with Gasteiger partial charge in [-0.2, -0.15) is 0 Å². The first-order valence-electron chi connectivity index (χ1n) is 6.42. The van der Waals surface area contributed by atoms with E-state index in [1.165, 1.54) is 24.3 Å². The van der Waals surface area contributed by atoms with Crippen LogP contribution in [0.15, 0.2) is 54.6 Å². The lowest BCUT2D eigenvalue weighted by Crippen LogP contribution is -1.99. The average Bonchev–Trinajstić information content (AvgIpc) is 2.51. The van der Waals surface area contributed by atoms with Crippen LogP contribution in [0.5, 0.6) is 5.75 Å². The van der Waals surface area contributed by atoms with Crippen LogP contribution >= 0.6 is 0 Å². The highest BCUT2D eigenvalue weighted by Gasteiger charge is 2.15. The number of aliphatic carboxylic acids is 1. The molecule has 0 unspecified atom stereocenters. The summed E-state index contributed by atoms with van der Waals surface area (Å²) in [6.07, 6.45) is 2.31. The molecule has 0 aliphatic carbocycles. The van der Waals surface area contributed by atoms with Crippen molar-refractivity contribution >= 4 is 17.7 Å². The van der Waals surface area contributed by atoms with Crippen LogP contribution in [0, 0.1) is 10.1 Å². The van der Waals surface area contributed by atoms with Crippen molar-refractivity contribution in [3.63, 3.8) is 0 Å². The summed E-state index contributed by atoms with van der Waals surface area (Å²) in [6, 6.07) is 13.5. The third kappa shape index (κ3) is 4.17. The van der Waals surface area contributed by atoms with Crippen molar-refractivity contribution in [2.45, 2.75) is 6.61 Å². The Morgan fingerprint density at radius 1 is 1.23 bits per heavy atom. The molecular weight excluding hydrogens is 286 g/mol. The Kier molecular flexibility index (Phi) is 4.87. The highest BCUT2D eigenvalue weighted by molar-refractivity contribution is 5.85. The molecule has 0 bridgehead atoms. The Labute approximate surface area is 126 Å². The predicted molar refractivity (Wildman–Crippen MR) is 80.5 cm³/mol. The number of hydrogen-bond donors (Lipinski definition) is 1. The number of hydrogen-bond acceptors (Lipinski definition) is 4. The Bertz CT molecular complexity index is 710. The fraction of sp³-hybridized carbons (Fsp3) is 0.0625. The topological polar surface area (TPSA) is 89.7 Å². The standard InChI is InChI=1S/C16H13NO5/c18-16(19)9-7-12-6-8-14(17(20)21)15(10-12)22-11-13-4-2-1-3-5-13/h1-10H,11H2,(H,18,19). The molecule has 0 aliphatic heterocycles. The Morgan fingerprint density at radius 2 is 1.95 bits per heavy atom. The zero-order valence-corrected chi connectivity index (χ0v) is 11.5. The summed E-state index contributed by atoms with van der Waals surface area (Å²) >= 11 is 0. The van der Waals surface area contributed by atoms with Crippen LogP contribution in [-0.4, -0.2) is 16.0 Å². The van der Waals surface area contributed by atoms with Gasteiger partial charge >= 0.3 is 11.7 Å². The molecule has 0 fully saturated rings. The number of ether oxygens (including phenoxy) is 1. The summed E-state index contributed by atoms with van der Waals surface area (Å²) in [4.78, 5) is 21.0. The third-order valence-corrected chi connectivity index (χ3v) is 2.84. The van der Waals surface area contributed by atoms with E-state index in [4.69, 9.17) is 9.84 Å². The Morgan fingerprint density at radius 3 is 2.59 bits per heavy atom. The molecule has 112 valence electrons. The summed E-state index contributed by atoms with van der Waals surface area (Å²) in [5.74, 6) is -0.994. The van der Waals surface area contributed by atoms with Gasteiger partial charge in [0.05, 0.1) is 4.92 Å². The molecular formula is C16H13NO5. The smallest absolute Gasteiger partial charge is 0.328 e. The quantitative estimate of drug-likeness (QED) is 0.502. The second kappa shape index (κ2) is 7.03. The van der Waals surface area contributed by atoms with Crippen LogP contribution in [0.3, 0.4) is 0 Å². The molecule has 0 heterocycles. The van der Waals surface area contributed by atoms with Gasteiger partial charge in [0, 0.05) is 12.1 Å². The highest BCUT2D eigenvalue weighted by atomic mass is 16.6. The molecule has 6 heteroatoms. The Hall–Kier alpha value is -3.15. The van der Waals surface area contributed by atoms with Crippen LogP contribution in [0.1, 0.15) is 11.1 Å². The summed E-state index contributed by atoms with van der Waals surface area (Å²) < 4.78 is 5.51. The minimum Gasteiger partial charge on any atom is -0.482 e. The molecule has 22 heavy (non-hydrogen) atoms. The summed E-state index contributed by atoms with van der Waals surface area (Å²) in [6.45, 7) is 0.188. The summed E-state index contributed by atoms with van der Waals surface area (Å²) in [5, 5.41) is 19.6. The number of carboxylic acid groups (broad SMARTS) is 1. The third-order valence-electron chi connectivity index (χ3n) is 2.84. The van der Waals surface area contributed by atoms with Crippen molar-refractivity contribution in [1.29, 1.82) is 0 Å². The van der Waals surface area contributed by atoms with E-state index in [-0.39, 0.29) is 18.0 Å². The van der Waals surface area contributed by atoms with E-state index in [1.807, 2.05) is 30.3 Å². The molecule has 1 N–H and O–H groups in total. The highest BCUT2D eigenvalue weighted by Crippen LogP contribution is 2.29. The lowest BCUT2D eigenvalue weighted by molar-refractivity contribution is -0.385. The molecule has 0 aromatic heterocycles. The summed E-state index contributed by atoms with van der Waals surface area (Å²) in [7, 11) is 0. The number of carbonyl (C=O) groups is 1. The first kappa shape index (κ1) is 15.2. The van der Waals surface area contributed by atoms with Crippen LogP contribution in [0.2, 0.25) is 0 Å². The Balaban J connectivity index is 2.24. The summed E-state index contributed by atoms with van der Waals surface area (Å²) in [5.41, 5.74) is 1.22. The molecule has 2 aromatic rings. The van der Waals surface area contributed by atoms with Crippen molar-refractivity contribution < 1.29 is 19.6 Å². The van der Waals surface area contributed by atoms with Gasteiger partial charge < -0.3 is 9.84 Å². The molecule has 0 atom stereocenters. The van der Waals surface area contributed by atoms with Crippen LogP contribution in [0.25, 0.3) is 6.08 Å². The number of carboxylic acids is 1. The first-order chi connectivity index (χ1) is 10.6. The van der Waals surface area contributed by atoms with E-state index in [9.17, 15) is 14.9 Å². The van der Waals surface area contributed by atoms with Gasteiger partial charge in [0.1, 0.15) is 6.61 Å². The zero-order chi connectivity index (χ0) is 15.9. The molecule has 6 nitrogen and oxygen atoms in total. The second-order valence-electron chi connectivity index (χ2n) is 4.43. The molecule has 2 aromatic carbocycles. The van der Waals surface area contributed by atoms with E-state index in [0.717, 1.165) is 11.6 Å². The molecule has 0 spiro atoms. The van der Waals surface area contributed by atoms with E-state index >= 15 is 0 Å². The molecule has 0 radical (unpaired) electrons. The maximum Gasteiger partial charge on any atom is 0.328 e. The van der Waals surface area contributed by atoms with Crippen molar-refractivity contribution in [2.24, 2.45) is 0 Å². The van der Waals surface area contributed by atoms with Gasteiger partial charge in [0.2, 0.25) is 0 Å². The maximum atomic E-state index is 11.0. The first-order valence-corrected chi connectivity index (χ1v) is 6.42. The van der Waals surface area contributed by atoms with Gasteiger partial charge in [-0.05, 0) is 29.3 Å². The van der Waals surface area contributed by atoms with Crippen LogP contribution in [0.4, 0.5) is 5.69 Å². The van der Waals surface area contributed by atoms with Crippen LogP contribution < -0.4 is 4.74 Å². The minimum absolute atomic E-state index is 0.0985. The number of nitro groups is 1. The molecule has 0 amide bonds. The van der Waals surface area contributed by atoms with Crippen molar-refractivity contribution in [3.05, 3.63) is 75.8 Å². The monoisotopic (exact) mass is 299 g/mol. The van der Waals surface area contributed by atoms with E-state index < -0.39 is 10.9 Å². The van der Waals surface area contributed by atoms with Gasteiger partial charge in [-0.25, -0.2) is 4.79 Å². The van der Waals surface area contributed by atoms with Gasteiger partial charge in [-0.3, -0.25) is 10.1 Å². The lowest BCUT2D eigenvalue weighted by atomic mass is 10.1. The minimum atomic E-state index is -1.09. The predicted octanol–water partition coefficient (Wildman–Crippen LogP) is 3.27. The average molecular weight is 299 g/mol. The van der Waals surface area contributed by atoms with Gasteiger partial charge in [0.25, 0.3) is 0 Å². The second-order valence-corrected chi connectivity index (χ2v) is 4.43. The van der Waals surface area contributed by atoms with Crippen molar-refractivity contribution in [2.75, 3.05) is 0 Å². The van der Waals surface area contributed by atoms with Crippen LogP contribution in [-0.2, 0) is 11.4 Å². The molecule has 2 rings (SSSR count). The van der Waals surface area contributed by atoms with Gasteiger partial charge in [-0.15, -0.1) is 0 Å². The van der Waals surface area contributed by atoms with E-state index in [2.05, 4.69) is 0 Å².